The second-order valence-corrected chi connectivity index (χ2v) is 10.1. The van der Waals surface area contributed by atoms with Crippen molar-refractivity contribution in [3.63, 3.8) is 0 Å². The van der Waals surface area contributed by atoms with Gasteiger partial charge >= 0.3 is 5.97 Å². The molecule has 6 nitrogen and oxygen atoms in total. The Hall–Kier alpha value is -4.07. The van der Waals surface area contributed by atoms with Gasteiger partial charge in [0.05, 0.1) is 10.6 Å². The zero-order valence-corrected chi connectivity index (χ0v) is 24.0. The lowest BCUT2D eigenvalue weighted by Crippen LogP contribution is -2.42. The largest absolute Gasteiger partial charge is 0.480 e. The topological polar surface area (TPSA) is 78.9 Å². The number of benzene rings is 4. The van der Waals surface area contributed by atoms with Crippen molar-refractivity contribution in [2.45, 2.75) is 26.3 Å². The molecule has 4 aromatic carbocycles. The van der Waals surface area contributed by atoms with Crippen molar-refractivity contribution >= 4 is 40.8 Å². The molecule has 0 aliphatic carbocycles. The number of carbonyl (C=O) groups is 2. The minimum absolute atomic E-state index is 0.0259. The average Bonchev–Trinajstić information content (AvgIpc) is 2.96. The minimum atomic E-state index is -1.14. The fourth-order valence-corrected chi connectivity index (χ4v) is 4.79. The van der Waals surface area contributed by atoms with E-state index in [9.17, 15) is 19.1 Å². The number of nitrogens with one attached hydrogen (secondary N) is 1. The van der Waals surface area contributed by atoms with Gasteiger partial charge in [0.15, 0.2) is 0 Å². The van der Waals surface area contributed by atoms with Crippen molar-refractivity contribution in [1.82, 2.24) is 5.32 Å². The molecule has 4 aromatic rings. The van der Waals surface area contributed by atoms with Crippen LogP contribution >= 0.6 is 23.2 Å². The summed E-state index contributed by atoms with van der Waals surface area (Å²) in [6.07, 6.45) is 0.0942. The molecule has 1 unspecified atom stereocenters. The summed E-state index contributed by atoms with van der Waals surface area (Å²) in [5.41, 5.74) is 3.52. The van der Waals surface area contributed by atoms with Crippen LogP contribution in [0.1, 0.15) is 29.8 Å². The summed E-state index contributed by atoms with van der Waals surface area (Å²) in [6, 6.07) is 22.8. The molecule has 212 valence electrons. The van der Waals surface area contributed by atoms with Gasteiger partial charge in [0.1, 0.15) is 23.4 Å². The molecule has 2 N–H and O–H groups in total. The van der Waals surface area contributed by atoms with E-state index in [4.69, 9.17) is 27.9 Å². The van der Waals surface area contributed by atoms with Gasteiger partial charge in [-0.1, -0.05) is 59.6 Å². The zero-order chi connectivity index (χ0) is 29.5. The number of anilines is 1. The Labute approximate surface area is 248 Å². The van der Waals surface area contributed by atoms with E-state index in [0.29, 0.717) is 40.9 Å². The predicted octanol–water partition coefficient (Wildman–Crippen LogP) is 7.86. The molecule has 0 radical (unpaired) electrons. The SMILES string of the molecule is CCN(CC)c1ccc(Cl)cc1C(=O)NC(Cc1ccc(-c2cccc(Oc3ccc(F)c(Cl)c3)c2)cc1)C(=O)O. The number of hydrogen-bond acceptors (Lipinski definition) is 4. The Morgan fingerprint density at radius 1 is 0.902 bits per heavy atom. The van der Waals surface area contributed by atoms with Crippen LogP contribution < -0.4 is 15.0 Å². The number of carboxylic acid groups (broad SMARTS) is 1. The Morgan fingerprint density at radius 3 is 2.27 bits per heavy atom. The highest BCUT2D eigenvalue weighted by Gasteiger charge is 2.24. The predicted molar refractivity (Wildman–Crippen MR) is 161 cm³/mol. The van der Waals surface area contributed by atoms with E-state index < -0.39 is 23.7 Å². The number of hydrogen-bond donors (Lipinski definition) is 2. The molecule has 0 aromatic heterocycles. The third kappa shape index (κ3) is 7.57. The quantitative estimate of drug-likeness (QED) is 0.185. The normalized spacial score (nSPS) is 11.5. The van der Waals surface area contributed by atoms with Gasteiger partial charge in [0.25, 0.3) is 5.91 Å². The van der Waals surface area contributed by atoms with Gasteiger partial charge in [-0.3, -0.25) is 4.79 Å². The number of nitrogens with zero attached hydrogens (tertiary/aromatic N) is 1. The molecule has 0 bridgehead atoms. The fraction of sp³-hybridized carbons (Fsp3) is 0.188. The average molecular weight is 595 g/mol. The van der Waals surface area contributed by atoms with Crippen molar-refractivity contribution in [3.05, 3.63) is 112 Å². The first-order valence-corrected chi connectivity index (χ1v) is 13.8. The summed E-state index contributed by atoms with van der Waals surface area (Å²) >= 11 is 12.0. The fourth-order valence-electron chi connectivity index (χ4n) is 4.45. The van der Waals surface area contributed by atoms with E-state index in [1.165, 1.54) is 18.2 Å². The molecule has 1 atom stereocenters. The minimum Gasteiger partial charge on any atom is -0.480 e. The molecule has 0 heterocycles. The van der Waals surface area contributed by atoms with Crippen LogP contribution in [0.15, 0.2) is 84.9 Å². The second-order valence-electron chi connectivity index (χ2n) is 9.30. The van der Waals surface area contributed by atoms with Crippen molar-refractivity contribution in [3.8, 4) is 22.6 Å². The lowest BCUT2D eigenvalue weighted by molar-refractivity contribution is -0.139. The van der Waals surface area contributed by atoms with Crippen molar-refractivity contribution in [2.75, 3.05) is 18.0 Å². The number of amides is 1. The maximum atomic E-state index is 13.5. The van der Waals surface area contributed by atoms with Crippen LogP contribution in [-0.2, 0) is 11.2 Å². The van der Waals surface area contributed by atoms with Crippen molar-refractivity contribution in [1.29, 1.82) is 0 Å². The van der Waals surface area contributed by atoms with Gasteiger partial charge in [-0.15, -0.1) is 0 Å². The molecule has 9 heteroatoms. The zero-order valence-electron chi connectivity index (χ0n) is 22.5. The number of rotatable bonds is 11. The van der Waals surface area contributed by atoms with Crippen LogP contribution in [0.4, 0.5) is 10.1 Å². The first kappa shape index (κ1) is 29.9. The Balaban J connectivity index is 1.48. The highest BCUT2D eigenvalue weighted by Crippen LogP contribution is 2.30. The van der Waals surface area contributed by atoms with Crippen LogP contribution in [-0.4, -0.2) is 36.1 Å². The third-order valence-electron chi connectivity index (χ3n) is 6.60. The summed E-state index contributed by atoms with van der Waals surface area (Å²) in [6.45, 7) is 5.33. The molecule has 0 aliphatic heterocycles. The maximum Gasteiger partial charge on any atom is 0.326 e. The lowest BCUT2D eigenvalue weighted by atomic mass is 10.00. The van der Waals surface area contributed by atoms with E-state index >= 15 is 0 Å². The lowest BCUT2D eigenvalue weighted by Gasteiger charge is -2.24. The number of ether oxygens (including phenoxy) is 1. The van der Waals surface area contributed by atoms with E-state index in [1.54, 1.807) is 24.3 Å². The van der Waals surface area contributed by atoms with Crippen LogP contribution in [0.3, 0.4) is 0 Å². The molecule has 0 aliphatic rings. The molecular weight excluding hydrogens is 566 g/mol. The smallest absolute Gasteiger partial charge is 0.326 e. The summed E-state index contributed by atoms with van der Waals surface area (Å²) in [7, 11) is 0. The van der Waals surface area contributed by atoms with Crippen LogP contribution in [0.2, 0.25) is 10.0 Å². The monoisotopic (exact) mass is 594 g/mol. The van der Waals surface area contributed by atoms with Gasteiger partial charge in [0, 0.05) is 36.3 Å². The summed E-state index contributed by atoms with van der Waals surface area (Å²) in [5.74, 6) is -1.20. The third-order valence-corrected chi connectivity index (χ3v) is 7.12. The Morgan fingerprint density at radius 2 is 1.61 bits per heavy atom. The summed E-state index contributed by atoms with van der Waals surface area (Å²) < 4.78 is 19.3. The van der Waals surface area contributed by atoms with Crippen LogP contribution in [0.25, 0.3) is 11.1 Å². The number of aliphatic carboxylic acids is 1. The van der Waals surface area contributed by atoms with Gasteiger partial charge in [-0.2, -0.15) is 0 Å². The standard InChI is InChI=1S/C32H29Cl2FN2O4/c1-3-37(4-2)30-15-12-23(33)18-26(30)31(38)36-29(32(39)40)16-20-8-10-21(11-9-20)22-6-5-7-24(17-22)41-25-13-14-28(35)27(34)19-25/h5-15,17-19,29H,3-4,16H2,1-2H3,(H,36,38)(H,39,40). The van der Waals surface area contributed by atoms with E-state index in [1.807, 2.05) is 61.2 Å². The molecule has 4 rings (SSSR count). The molecule has 0 spiro atoms. The molecule has 1 amide bonds. The van der Waals surface area contributed by atoms with Gasteiger partial charge in [-0.05, 0) is 73.0 Å². The molecular formula is C32H29Cl2FN2O4. The number of carboxylic acids is 1. The highest BCUT2D eigenvalue weighted by molar-refractivity contribution is 6.31. The highest BCUT2D eigenvalue weighted by atomic mass is 35.5. The second kappa shape index (κ2) is 13.5. The molecule has 0 fully saturated rings. The van der Waals surface area contributed by atoms with Crippen molar-refractivity contribution in [2.24, 2.45) is 0 Å². The molecule has 0 saturated heterocycles. The van der Waals surface area contributed by atoms with Crippen molar-refractivity contribution < 1.29 is 23.8 Å². The maximum absolute atomic E-state index is 13.5. The van der Waals surface area contributed by atoms with Crippen LogP contribution in [0, 0.1) is 5.82 Å². The number of carbonyl (C=O) groups excluding carboxylic acids is 1. The first-order chi connectivity index (χ1) is 19.7. The van der Waals surface area contributed by atoms with E-state index in [0.717, 1.165) is 16.7 Å². The molecule has 0 saturated carbocycles. The summed E-state index contributed by atoms with van der Waals surface area (Å²) in [4.78, 5) is 27.3. The Kier molecular flexibility index (Phi) is 9.86. The van der Waals surface area contributed by atoms with Gasteiger partial charge in [-0.25, -0.2) is 9.18 Å². The van der Waals surface area contributed by atoms with Crippen LogP contribution in [0.5, 0.6) is 11.5 Å². The Bertz CT molecular complexity index is 1540. The summed E-state index contributed by atoms with van der Waals surface area (Å²) in [5, 5.41) is 12.9. The molecule has 41 heavy (non-hydrogen) atoms. The van der Waals surface area contributed by atoms with Gasteiger partial charge < -0.3 is 20.1 Å². The first-order valence-electron chi connectivity index (χ1n) is 13.1. The van der Waals surface area contributed by atoms with E-state index in [-0.39, 0.29) is 11.4 Å². The number of halogens is 3. The van der Waals surface area contributed by atoms with E-state index in [2.05, 4.69) is 5.32 Å². The van der Waals surface area contributed by atoms with Gasteiger partial charge in [0.2, 0.25) is 0 Å².